The number of thiophene rings is 1. The van der Waals surface area contributed by atoms with E-state index in [0.29, 0.717) is 17.3 Å². The number of thioether (sulfide) groups is 1. The Balaban J connectivity index is 1.70. The van der Waals surface area contributed by atoms with Crippen LogP contribution in [0.1, 0.15) is 27.7 Å². The molecule has 0 radical (unpaired) electrons. The zero-order chi connectivity index (χ0) is 16.2. The van der Waals surface area contributed by atoms with Gasteiger partial charge in [-0.25, -0.2) is 4.68 Å². The summed E-state index contributed by atoms with van der Waals surface area (Å²) in [6, 6.07) is 11.7. The van der Waals surface area contributed by atoms with Crippen LogP contribution in [0.25, 0.3) is 0 Å². The van der Waals surface area contributed by atoms with Gasteiger partial charge in [0.1, 0.15) is 0 Å². The predicted octanol–water partition coefficient (Wildman–Crippen LogP) is 3.45. The van der Waals surface area contributed by atoms with Gasteiger partial charge in [0.15, 0.2) is 5.78 Å². The van der Waals surface area contributed by atoms with Gasteiger partial charge in [-0.05, 0) is 35.7 Å². The van der Waals surface area contributed by atoms with Crippen molar-refractivity contribution in [1.82, 2.24) is 20.2 Å². The smallest absolute Gasteiger partial charge is 0.210 e. The van der Waals surface area contributed by atoms with Crippen LogP contribution in [0.3, 0.4) is 0 Å². The van der Waals surface area contributed by atoms with E-state index >= 15 is 0 Å². The zero-order valence-corrected chi connectivity index (χ0v) is 14.5. The standard InChI is InChI=1S/C16H16N4OS2/c1-11-5-7-13(8-6-11)15(21)12(2)23-16-17-18-19-20(16)10-14-4-3-9-22-14/h3-9,12H,10H2,1-2H3. The maximum atomic E-state index is 12.5. The first-order valence-electron chi connectivity index (χ1n) is 7.19. The molecule has 0 spiro atoms. The lowest BCUT2D eigenvalue weighted by Gasteiger charge is -2.10. The van der Waals surface area contributed by atoms with Gasteiger partial charge in [-0.3, -0.25) is 4.79 Å². The van der Waals surface area contributed by atoms with Crippen molar-refractivity contribution >= 4 is 28.9 Å². The Morgan fingerprint density at radius 1 is 1.30 bits per heavy atom. The number of hydrogen-bond acceptors (Lipinski definition) is 6. The van der Waals surface area contributed by atoms with Crippen LogP contribution >= 0.6 is 23.1 Å². The molecule has 1 unspecified atom stereocenters. The van der Waals surface area contributed by atoms with Crippen LogP contribution in [0.4, 0.5) is 0 Å². The van der Waals surface area contributed by atoms with Gasteiger partial charge >= 0.3 is 0 Å². The van der Waals surface area contributed by atoms with Crippen LogP contribution < -0.4 is 0 Å². The maximum Gasteiger partial charge on any atom is 0.210 e. The topological polar surface area (TPSA) is 60.7 Å². The van der Waals surface area contributed by atoms with Gasteiger partial charge in [0.2, 0.25) is 5.16 Å². The molecule has 1 aromatic carbocycles. The molecule has 3 rings (SSSR count). The number of Topliss-reactive ketones (excluding diaryl/α,β-unsaturated/α-hetero) is 1. The van der Waals surface area contributed by atoms with E-state index in [1.807, 2.05) is 55.6 Å². The van der Waals surface area contributed by atoms with E-state index in [1.54, 1.807) is 16.0 Å². The molecule has 0 fully saturated rings. The molecule has 0 saturated heterocycles. The molecule has 3 aromatic rings. The minimum Gasteiger partial charge on any atom is -0.293 e. The first-order chi connectivity index (χ1) is 11.1. The number of carbonyl (C=O) groups is 1. The molecule has 0 aliphatic rings. The number of rotatable bonds is 6. The van der Waals surface area contributed by atoms with Crippen molar-refractivity contribution in [3.63, 3.8) is 0 Å². The molecule has 0 aliphatic carbocycles. The van der Waals surface area contributed by atoms with Crippen molar-refractivity contribution in [3.8, 4) is 0 Å². The predicted molar refractivity (Wildman–Crippen MR) is 92.1 cm³/mol. The van der Waals surface area contributed by atoms with Gasteiger partial charge in [0, 0.05) is 10.4 Å². The van der Waals surface area contributed by atoms with Crippen LogP contribution in [0.2, 0.25) is 0 Å². The third kappa shape index (κ3) is 3.86. The fourth-order valence-corrected chi connectivity index (χ4v) is 3.65. The largest absolute Gasteiger partial charge is 0.293 e. The molecule has 0 aliphatic heterocycles. The summed E-state index contributed by atoms with van der Waals surface area (Å²) in [7, 11) is 0. The molecule has 2 aromatic heterocycles. The van der Waals surface area contributed by atoms with E-state index in [9.17, 15) is 4.79 Å². The van der Waals surface area contributed by atoms with Crippen molar-refractivity contribution < 1.29 is 4.79 Å². The van der Waals surface area contributed by atoms with Crippen LogP contribution in [0, 0.1) is 6.92 Å². The number of hydrogen-bond donors (Lipinski definition) is 0. The molecule has 0 N–H and O–H groups in total. The average molecular weight is 344 g/mol. The second kappa shape index (κ2) is 7.06. The van der Waals surface area contributed by atoms with Crippen LogP contribution in [0.15, 0.2) is 46.9 Å². The number of tetrazole rings is 1. The Morgan fingerprint density at radius 3 is 2.78 bits per heavy atom. The van der Waals surface area contributed by atoms with Gasteiger partial charge in [0.25, 0.3) is 0 Å². The molecule has 118 valence electrons. The highest BCUT2D eigenvalue weighted by molar-refractivity contribution is 8.00. The number of benzene rings is 1. The van der Waals surface area contributed by atoms with Crippen molar-refractivity contribution in [2.75, 3.05) is 0 Å². The van der Waals surface area contributed by atoms with Crippen molar-refractivity contribution in [1.29, 1.82) is 0 Å². The molecule has 0 bridgehead atoms. The van der Waals surface area contributed by atoms with Gasteiger partial charge < -0.3 is 0 Å². The van der Waals surface area contributed by atoms with Gasteiger partial charge in [0.05, 0.1) is 11.8 Å². The summed E-state index contributed by atoms with van der Waals surface area (Å²) in [4.78, 5) is 13.7. The molecule has 0 saturated carbocycles. The number of aryl methyl sites for hydroxylation is 1. The summed E-state index contributed by atoms with van der Waals surface area (Å²) in [6.45, 7) is 4.51. The van der Waals surface area contributed by atoms with E-state index in [4.69, 9.17) is 0 Å². The number of carbonyl (C=O) groups excluding carboxylic acids is 1. The third-order valence-corrected chi connectivity index (χ3v) is 5.30. The SMILES string of the molecule is Cc1ccc(C(=O)C(C)Sc2nnnn2Cc2cccs2)cc1. The second-order valence-corrected chi connectivity index (χ2v) is 7.53. The van der Waals surface area contributed by atoms with E-state index in [1.165, 1.54) is 16.6 Å². The second-order valence-electron chi connectivity index (χ2n) is 5.19. The molecular formula is C16H16N4OS2. The Morgan fingerprint density at radius 2 is 2.09 bits per heavy atom. The van der Waals surface area contributed by atoms with Crippen molar-refractivity contribution in [3.05, 3.63) is 57.8 Å². The molecule has 1 atom stereocenters. The fourth-order valence-electron chi connectivity index (χ4n) is 2.09. The lowest BCUT2D eigenvalue weighted by Crippen LogP contribution is -2.15. The van der Waals surface area contributed by atoms with E-state index in [-0.39, 0.29) is 11.0 Å². The van der Waals surface area contributed by atoms with Crippen molar-refractivity contribution in [2.45, 2.75) is 30.8 Å². The highest BCUT2D eigenvalue weighted by atomic mass is 32.2. The molecule has 23 heavy (non-hydrogen) atoms. The summed E-state index contributed by atoms with van der Waals surface area (Å²) in [5.41, 5.74) is 1.86. The Bertz CT molecular complexity index is 781. The van der Waals surface area contributed by atoms with Crippen molar-refractivity contribution in [2.24, 2.45) is 0 Å². The summed E-state index contributed by atoms with van der Waals surface area (Å²) < 4.78 is 1.73. The summed E-state index contributed by atoms with van der Waals surface area (Å²) in [6.07, 6.45) is 0. The highest BCUT2D eigenvalue weighted by Gasteiger charge is 2.20. The third-order valence-electron chi connectivity index (χ3n) is 3.37. The zero-order valence-electron chi connectivity index (χ0n) is 12.8. The number of aromatic nitrogens is 4. The van der Waals surface area contributed by atoms with E-state index in [0.717, 1.165) is 5.56 Å². The van der Waals surface area contributed by atoms with Crippen LogP contribution in [-0.2, 0) is 6.54 Å². The molecular weight excluding hydrogens is 328 g/mol. The normalized spacial score (nSPS) is 12.3. The molecule has 7 heteroatoms. The quantitative estimate of drug-likeness (QED) is 0.506. The Labute approximate surface area is 142 Å². The van der Waals surface area contributed by atoms with E-state index < -0.39 is 0 Å². The monoisotopic (exact) mass is 344 g/mol. The van der Waals surface area contributed by atoms with Gasteiger partial charge in [-0.2, -0.15) is 0 Å². The summed E-state index contributed by atoms with van der Waals surface area (Å²) in [5, 5.41) is 14.2. The maximum absolute atomic E-state index is 12.5. The first-order valence-corrected chi connectivity index (χ1v) is 8.95. The average Bonchev–Trinajstić information content (AvgIpc) is 3.20. The lowest BCUT2D eigenvalue weighted by atomic mass is 10.1. The first kappa shape index (κ1) is 15.9. The number of nitrogens with zero attached hydrogens (tertiary/aromatic N) is 4. The van der Waals surface area contributed by atoms with Crippen LogP contribution in [0.5, 0.6) is 0 Å². The minimum atomic E-state index is -0.245. The molecule has 5 nitrogen and oxygen atoms in total. The molecule has 2 heterocycles. The Hall–Kier alpha value is -1.99. The molecule has 0 amide bonds. The fraction of sp³-hybridized carbons (Fsp3) is 0.250. The van der Waals surface area contributed by atoms with Crippen LogP contribution in [-0.4, -0.2) is 31.2 Å². The summed E-state index contributed by atoms with van der Waals surface area (Å²) in [5.74, 6) is 0.0840. The number of ketones is 1. The highest BCUT2D eigenvalue weighted by Crippen LogP contribution is 2.24. The Kier molecular flexibility index (Phi) is 4.88. The summed E-state index contributed by atoms with van der Waals surface area (Å²) >= 11 is 3.05. The minimum absolute atomic E-state index is 0.0840. The van der Waals surface area contributed by atoms with Gasteiger partial charge in [-0.15, -0.1) is 16.4 Å². The lowest BCUT2D eigenvalue weighted by molar-refractivity contribution is 0.0994. The van der Waals surface area contributed by atoms with Gasteiger partial charge in [-0.1, -0.05) is 47.7 Å². The van der Waals surface area contributed by atoms with E-state index in [2.05, 4.69) is 15.5 Å².